The molecule has 142 valence electrons. The normalized spacial score (nSPS) is 15.6. The number of ether oxygens (including phenoxy) is 1. The van der Waals surface area contributed by atoms with E-state index in [-0.39, 0.29) is 12.4 Å². The fourth-order valence-electron chi connectivity index (χ4n) is 3.48. The van der Waals surface area contributed by atoms with Crippen LogP contribution >= 0.6 is 12.4 Å². The standard InChI is InChI=1S/C23H31NO.ClH/c1-19-9-11-21(12-10-19)18-25-23-15-13-20(14-16-23)17-24-22-7-5-3-2-4-6-8-22;/h9-16,22,24H,2-8,17-18H2,1H3;1H. The van der Waals surface area contributed by atoms with Crippen LogP contribution in [-0.2, 0) is 13.2 Å². The Morgan fingerprint density at radius 1 is 0.808 bits per heavy atom. The molecule has 3 heteroatoms. The van der Waals surface area contributed by atoms with Gasteiger partial charge in [-0.15, -0.1) is 12.4 Å². The Balaban J connectivity index is 0.00000243. The number of rotatable bonds is 6. The van der Waals surface area contributed by atoms with Crippen LogP contribution in [0.5, 0.6) is 5.75 Å². The first-order valence-electron chi connectivity index (χ1n) is 9.80. The van der Waals surface area contributed by atoms with Crippen LogP contribution in [0.15, 0.2) is 48.5 Å². The molecule has 2 nitrogen and oxygen atoms in total. The lowest BCUT2D eigenvalue weighted by Gasteiger charge is -2.21. The molecule has 1 aliphatic rings. The summed E-state index contributed by atoms with van der Waals surface area (Å²) in [4.78, 5) is 0. The maximum absolute atomic E-state index is 5.89. The van der Waals surface area contributed by atoms with Gasteiger partial charge in [-0.2, -0.15) is 0 Å². The van der Waals surface area contributed by atoms with Crippen LogP contribution in [0.4, 0.5) is 0 Å². The summed E-state index contributed by atoms with van der Waals surface area (Å²) in [5.41, 5.74) is 3.83. The zero-order valence-corrected chi connectivity index (χ0v) is 16.7. The van der Waals surface area contributed by atoms with Crippen LogP contribution in [0.25, 0.3) is 0 Å². The van der Waals surface area contributed by atoms with Gasteiger partial charge in [0.2, 0.25) is 0 Å². The van der Waals surface area contributed by atoms with E-state index in [2.05, 4.69) is 60.8 Å². The number of aryl methyl sites for hydroxylation is 1. The van der Waals surface area contributed by atoms with Crippen LogP contribution in [0, 0.1) is 6.92 Å². The fraction of sp³-hybridized carbons (Fsp3) is 0.478. The Kier molecular flexibility index (Phi) is 9.00. The van der Waals surface area contributed by atoms with Gasteiger partial charge in [-0.1, -0.05) is 74.1 Å². The molecule has 0 unspecified atom stereocenters. The number of nitrogens with one attached hydrogen (secondary N) is 1. The van der Waals surface area contributed by atoms with Crippen molar-refractivity contribution < 1.29 is 4.74 Å². The number of hydrogen-bond donors (Lipinski definition) is 1. The van der Waals surface area contributed by atoms with Crippen molar-refractivity contribution in [2.24, 2.45) is 0 Å². The summed E-state index contributed by atoms with van der Waals surface area (Å²) in [5.74, 6) is 0.940. The summed E-state index contributed by atoms with van der Waals surface area (Å²) in [6.07, 6.45) is 9.66. The van der Waals surface area contributed by atoms with Crippen molar-refractivity contribution >= 4 is 12.4 Å². The molecule has 0 amide bonds. The number of hydrogen-bond acceptors (Lipinski definition) is 2. The minimum Gasteiger partial charge on any atom is -0.489 e. The third-order valence-corrected chi connectivity index (χ3v) is 5.15. The minimum atomic E-state index is 0. The Bertz CT molecular complexity index is 616. The quantitative estimate of drug-likeness (QED) is 0.650. The van der Waals surface area contributed by atoms with E-state index < -0.39 is 0 Å². The van der Waals surface area contributed by atoms with E-state index in [1.54, 1.807) is 0 Å². The summed E-state index contributed by atoms with van der Waals surface area (Å²) in [6, 6.07) is 17.7. The van der Waals surface area contributed by atoms with Gasteiger partial charge in [0.1, 0.15) is 12.4 Å². The van der Waals surface area contributed by atoms with Gasteiger partial charge in [0.15, 0.2) is 0 Å². The van der Waals surface area contributed by atoms with E-state index in [9.17, 15) is 0 Å². The summed E-state index contributed by atoms with van der Waals surface area (Å²) in [5, 5.41) is 3.75. The molecule has 0 atom stereocenters. The Morgan fingerprint density at radius 3 is 2.04 bits per heavy atom. The number of benzene rings is 2. The zero-order valence-electron chi connectivity index (χ0n) is 15.9. The molecule has 2 aromatic rings. The molecule has 0 spiro atoms. The Morgan fingerprint density at radius 2 is 1.38 bits per heavy atom. The highest BCUT2D eigenvalue weighted by molar-refractivity contribution is 5.85. The van der Waals surface area contributed by atoms with Gasteiger partial charge in [-0.3, -0.25) is 0 Å². The highest BCUT2D eigenvalue weighted by Crippen LogP contribution is 2.18. The van der Waals surface area contributed by atoms with E-state index in [1.165, 1.54) is 61.6 Å². The van der Waals surface area contributed by atoms with Crippen LogP contribution in [0.1, 0.15) is 61.6 Å². The summed E-state index contributed by atoms with van der Waals surface area (Å²) in [7, 11) is 0. The second-order valence-electron chi connectivity index (χ2n) is 7.34. The average Bonchev–Trinajstić information content (AvgIpc) is 2.61. The summed E-state index contributed by atoms with van der Waals surface area (Å²) < 4.78 is 5.89. The maximum Gasteiger partial charge on any atom is 0.119 e. The van der Waals surface area contributed by atoms with Crippen molar-refractivity contribution in [1.29, 1.82) is 0 Å². The molecule has 0 aliphatic heterocycles. The molecule has 0 heterocycles. The predicted octanol–water partition coefficient (Wildman–Crippen LogP) is 6.20. The van der Waals surface area contributed by atoms with Crippen molar-refractivity contribution in [2.45, 2.75) is 71.1 Å². The van der Waals surface area contributed by atoms with Gasteiger partial charge in [-0.05, 0) is 43.0 Å². The van der Waals surface area contributed by atoms with Crippen LogP contribution in [-0.4, -0.2) is 6.04 Å². The first-order valence-corrected chi connectivity index (χ1v) is 9.80. The van der Waals surface area contributed by atoms with Crippen LogP contribution < -0.4 is 10.1 Å². The molecule has 1 saturated carbocycles. The molecule has 2 aromatic carbocycles. The SMILES string of the molecule is Cc1ccc(COc2ccc(CNC3CCCCCCC3)cc2)cc1.Cl. The second-order valence-corrected chi connectivity index (χ2v) is 7.34. The maximum atomic E-state index is 5.89. The smallest absolute Gasteiger partial charge is 0.119 e. The first kappa shape index (κ1) is 20.8. The molecular weight excluding hydrogens is 342 g/mol. The number of halogens is 1. The van der Waals surface area contributed by atoms with E-state index in [1.807, 2.05) is 0 Å². The van der Waals surface area contributed by atoms with Gasteiger partial charge in [0, 0.05) is 12.6 Å². The van der Waals surface area contributed by atoms with E-state index in [4.69, 9.17) is 4.74 Å². The molecule has 0 bridgehead atoms. The average molecular weight is 374 g/mol. The van der Waals surface area contributed by atoms with E-state index >= 15 is 0 Å². The predicted molar refractivity (Wildman–Crippen MR) is 112 cm³/mol. The lowest BCUT2D eigenvalue weighted by molar-refractivity contribution is 0.306. The van der Waals surface area contributed by atoms with Crippen molar-refractivity contribution in [1.82, 2.24) is 5.32 Å². The fourth-order valence-corrected chi connectivity index (χ4v) is 3.48. The van der Waals surface area contributed by atoms with E-state index in [0.29, 0.717) is 12.6 Å². The van der Waals surface area contributed by atoms with Gasteiger partial charge in [-0.25, -0.2) is 0 Å². The van der Waals surface area contributed by atoms with Crippen molar-refractivity contribution in [3.63, 3.8) is 0 Å². The molecule has 0 aromatic heterocycles. The topological polar surface area (TPSA) is 21.3 Å². The lowest BCUT2D eigenvalue weighted by atomic mass is 9.96. The van der Waals surface area contributed by atoms with Gasteiger partial charge in [0.05, 0.1) is 0 Å². The van der Waals surface area contributed by atoms with Gasteiger partial charge < -0.3 is 10.1 Å². The zero-order chi connectivity index (χ0) is 17.3. The monoisotopic (exact) mass is 373 g/mol. The molecule has 1 fully saturated rings. The van der Waals surface area contributed by atoms with Crippen molar-refractivity contribution in [2.75, 3.05) is 0 Å². The summed E-state index contributed by atoms with van der Waals surface area (Å²) >= 11 is 0. The highest BCUT2D eigenvalue weighted by atomic mass is 35.5. The molecule has 1 N–H and O–H groups in total. The molecular formula is C23H32ClNO. The van der Waals surface area contributed by atoms with Crippen LogP contribution in [0.3, 0.4) is 0 Å². The van der Waals surface area contributed by atoms with Crippen molar-refractivity contribution in [3.8, 4) is 5.75 Å². The molecule has 0 radical (unpaired) electrons. The van der Waals surface area contributed by atoms with Crippen LogP contribution in [0.2, 0.25) is 0 Å². The van der Waals surface area contributed by atoms with E-state index in [0.717, 1.165) is 12.3 Å². The third-order valence-electron chi connectivity index (χ3n) is 5.15. The first-order chi connectivity index (χ1) is 12.3. The lowest BCUT2D eigenvalue weighted by Crippen LogP contribution is -2.29. The van der Waals surface area contributed by atoms with Crippen molar-refractivity contribution in [3.05, 3.63) is 65.2 Å². The molecule has 3 rings (SSSR count). The largest absolute Gasteiger partial charge is 0.489 e. The van der Waals surface area contributed by atoms with Gasteiger partial charge in [0.25, 0.3) is 0 Å². The Labute approximate surface area is 164 Å². The molecule has 1 aliphatic carbocycles. The molecule has 0 saturated heterocycles. The summed E-state index contributed by atoms with van der Waals surface area (Å²) in [6.45, 7) is 3.69. The highest BCUT2D eigenvalue weighted by Gasteiger charge is 2.10. The Hall–Kier alpha value is -1.51. The second kappa shape index (κ2) is 11.3. The third kappa shape index (κ3) is 7.01. The molecule has 26 heavy (non-hydrogen) atoms. The van der Waals surface area contributed by atoms with Gasteiger partial charge >= 0.3 is 0 Å². The minimum absolute atomic E-state index is 0.